The number of hydrogen-bond acceptors (Lipinski definition) is 4. The van der Waals surface area contributed by atoms with Crippen molar-refractivity contribution in [1.82, 2.24) is 0 Å². The standard InChI is InChI=1S/C6H8O4Si.Rb/c7-11(8,9)10-6-4-2-1-3-5-6;/h1-5,7-9H;. The molecule has 0 aliphatic rings. The summed E-state index contributed by atoms with van der Waals surface area (Å²) in [5.41, 5.74) is 0. The molecule has 0 fully saturated rings. The molecule has 0 amide bonds. The summed E-state index contributed by atoms with van der Waals surface area (Å²) in [7, 11) is -4.40. The van der Waals surface area contributed by atoms with Crippen LogP contribution in [0, 0.1) is 0 Å². The second-order valence-electron chi connectivity index (χ2n) is 1.99. The van der Waals surface area contributed by atoms with Crippen molar-refractivity contribution >= 4 is 67.2 Å². The van der Waals surface area contributed by atoms with Crippen LogP contribution in [0.4, 0.5) is 0 Å². The van der Waals surface area contributed by atoms with E-state index in [2.05, 4.69) is 4.43 Å². The molecule has 0 bridgehead atoms. The zero-order valence-electron chi connectivity index (χ0n) is 6.64. The Morgan fingerprint density at radius 1 is 1.00 bits per heavy atom. The van der Waals surface area contributed by atoms with Crippen molar-refractivity contribution in [2.45, 2.75) is 0 Å². The molecule has 61 valence electrons. The first kappa shape index (κ1) is 12.9. The average Bonchev–Trinajstić information content (AvgIpc) is 1.85. The van der Waals surface area contributed by atoms with E-state index in [1.807, 2.05) is 0 Å². The third-order valence-electron chi connectivity index (χ3n) is 0.998. The molecule has 0 saturated carbocycles. The summed E-state index contributed by atoms with van der Waals surface area (Å²) in [6.07, 6.45) is 0. The van der Waals surface area contributed by atoms with Gasteiger partial charge in [-0.25, -0.2) is 0 Å². The van der Waals surface area contributed by atoms with Crippen molar-refractivity contribution in [2.75, 3.05) is 0 Å². The van der Waals surface area contributed by atoms with Gasteiger partial charge < -0.3 is 18.8 Å². The van der Waals surface area contributed by atoms with E-state index >= 15 is 0 Å². The number of rotatable bonds is 2. The molecule has 1 rings (SSSR count). The van der Waals surface area contributed by atoms with Crippen LogP contribution in [0.15, 0.2) is 30.3 Å². The van der Waals surface area contributed by atoms with Gasteiger partial charge in [-0.2, -0.15) is 0 Å². The Morgan fingerprint density at radius 3 is 1.92 bits per heavy atom. The van der Waals surface area contributed by atoms with Gasteiger partial charge in [0.15, 0.2) is 0 Å². The van der Waals surface area contributed by atoms with Crippen LogP contribution in [-0.2, 0) is 0 Å². The van der Waals surface area contributed by atoms with Crippen LogP contribution < -0.4 is 4.43 Å². The van der Waals surface area contributed by atoms with Gasteiger partial charge in [0.2, 0.25) is 0 Å². The van der Waals surface area contributed by atoms with Crippen molar-refractivity contribution in [3.05, 3.63) is 30.3 Å². The molecule has 0 unspecified atom stereocenters. The monoisotopic (exact) mass is 257 g/mol. The molecule has 1 aromatic rings. The van der Waals surface area contributed by atoms with Crippen molar-refractivity contribution < 1.29 is 18.8 Å². The largest absolute Gasteiger partial charge is 0.741 e. The molecule has 1 aromatic carbocycles. The molecular formula is C6H8O4RbSi. The fourth-order valence-corrected chi connectivity index (χ4v) is 1.10. The van der Waals surface area contributed by atoms with Gasteiger partial charge in [-0.1, -0.05) is 18.2 Å². The van der Waals surface area contributed by atoms with Crippen molar-refractivity contribution in [3.63, 3.8) is 0 Å². The SMILES string of the molecule is O[Si](O)(O)Oc1ccccc1.[Rb]. The zero-order chi connectivity index (χ0) is 8.32. The Labute approximate surface area is 120 Å². The second kappa shape index (κ2) is 5.61. The summed E-state index contributed by atoms with van der Waals surface area (Å²) in [6.45, 7) is 0. The van der Waals surface area contributed by atoms with Gasteiger partial charge in [0.1, 0.15) is 5.75 Å². The van der Waals surface area contributed by atoms with Crippen LogP contribution in [0.5, 0.6) is 5.75 Å². The van der Waals surface area contributed by atoms with Crippen molar-refractivity contribution in [1.29, 1.82) is 0 Å². The molecule has 12 heavy (non-hydrogen) atoms. The summed E-state index contributed by atoms with van der Waals surface area (Å²) < 4.78 is 4.41. The molecule has 0 saturated heterocycles. The normalized spacial score (nSPS) is 10.2. The Morgan fingerprint density at radius 2 is 1.50 bits per heavy atom. The summed E-state index contributed by atoms with van der Waals surface area (Å²) in [5, 5.41) is 0. The Balaban J connectivity index is 0.00000121. The van der Waals surface area contributed by atoms with E-state index in [9.17, 15) is 0 Å². The van der Waals surface area contributed by atoms with E-state index in [0.29, 0.717) is 0 Å². The topological polar surface area (TPSA) is 69.9 Å². The quantitative estimate of drug-likeness (QED) is 0.601. The van der Waals surface area contributed by atoms with E-state index in [1.165, 1.54) is 12.1 Å². The molecule has 3 N–H and O–H groups in total. The van der Waals surface area contributed by atoms with Gasteiger partial charge in [-0.3, -0.25) is 0 Å². The fraction of sp³-hybridized carbons (Fsp3) is 0. The Hall–Kier alpha value is 0.922. The van der Waals surface area contributed by atoms with Crippen LogP contribution in [0.3, 0.4) is 0 Å². The molecule has 1 radical (unpaired) electrons. The average molecular weight is 258 g/mol. The minimum atomic E-state index is -4.40. The molecule has 0 heterocycles. The molecule has 0 aliphatic heterocycles. The summed E-state index contributed by atoms with van der Waals surface area (Å²) >= 11 is 0. The maximum atomic E-state index is 8.50. The maximum Gasteiger partial charge on any atom is 0.741 e. The van der Waals surface area contributed by atoms with Gasteiger partial charge in [-0.05, 0) is 12.1 Å². The minimum absolute atomic E-state index is 0. The van der Waals surface area contributed by atoms with Crippen molar-refractivity contribution in [3.8, 4) is 5.75 Å². The minimum Gasteiger partial charge on any atom is -0.480 e. The van der Waals surface area contributed by atoms with Gasteiger partial charge in [0, 0.05) is 58.2 Å². The summed E-state index contributed by atoms with van der Waals surface area (Å²) in [4.78, 5) is 25.5. The summed E-state index contributed by atoms with van der Waals surface area (Å²) in [5.74, 6) is 0.242. The first-order valence-electron chi connectivity index (χ1n) is 2.99. The molecule has 0 aliphatic carbocycles. The second-order valence-corrected chi connectivity index (χ2v) is 3.34. The fourth-order valence-electron chi connectivity index (χ4n) is 0.647. The van der Waals surface area contributed by atoms with Gasteiger partial charge in [-0.15, -0.1) is 0 Å². The van der Waals surface area contributed by atoms with Crippen LogP contribution in [0.25, 0.3) is 0 Å². The number of hydrogen-bond donors (Lipinski definition) is 3. The summed E-state index contributed by atoms with van der Waals surface area (Å²) in [6, 6.07) is 8.11. The zero-order valence-corrected chi connectivity index (χ0v) is 12.6. The molecule has 0 aromatic heterocycles. The molecule has 4 nitrogen and oxygen atoms in total. The van der Waals surface area contributed by atoms with E-state index in [1.54, 1.807) is 18.2 Å². The predicted molar refractivity (Wildman–Crippen MR) is 45.2 cm³/mol. The van der Waals surface area contributed by atoms with Gasteiger partial charge >= 0.3 is 9.05 Å². The molecule has 0 atom stereocenters. The molecule has 0 spiro atoms. The van der Waals surface area contributed by atoms with Crippen LogP contribution >= 0.6 is 0 Å². The first-order valence-corrected chi connectivity index (χ1v) is 4.74. The van der Waals surface area contributed by atoms with Gasteiger partial charge in [0.25, 0.3) is 0 Å². The van der Waals surface area contributed by atoms with Crippen LogP contribution in [0.1, 0.15) is 0 Å². The van der Waals surface area contributed by atoms with E-state index in [-0.39, 0.29) is 63.9 Å². The van der Waals surface area contributed by atoms with E-state index in [4.69, 9.17) is 14.4 Å². The maximum absolute atomic E-state index is 8.50. The Bertz CT molecular complexity index is 223. The van der Waals surface area contributed by atoms with E-state index < -0.39 is 9.05 Å². The van der Waals surface area contributed by atoms with Gasteiger partial charge in [0.05, 0.1) is 0 Å². The smallest absolute Gasteiger partial charge is 0.480 e. The van der Waals surface area contributed by atoms with Crippen molar-refractivity contribution in [2.24, 2.45) is 0 Å². The number of benzene rings is 1. The Kier molecular flexibility index (Phi) is 6.04. The predicted octanol–water partition coefficient (Wildman–Crippen LogP) is -0.903. The third-order valence-corrected chi connectivity index (χ3v) is 1.51. The van der Waals surface area contributed by atoms with Crippen LogP contribution in [0.2, 0.25) is 0 Å². The number of para-hydroxylation sites is 1. The third kappa shape index (κ3) is 5.55. The molecular weight excluding hydrogens is 250 g/mol. The van der Waals surface area contributed by atoms with E-state index in [0.717, 1.165) is 0 Å². The van der Waals surface area contributed by atoms with Crippen LogP contribution in [-0.4, -0.2) is 81.6 Å². The molecule has 6 heteroatoms. The first-order chi connectivity index (χ1) is 5.08.